The Hall–Kier alpha value is -1.99. The highest BCUT2D eigenvalue weighted by Crippen LogP contribution is 2.20. The molecule has 0 aliphatic heterocycles. The maximum atomic E-state index is 12.0. The molecule has 0 bridgehead atoms. The fourth-order valence-electron chi connectivity index (χ4n) is 1.78. The Morgan fingerprint density at radius 2 is 2.10 bits per heavy atom. The van der Waals surface area contributed by atoms with E-state index in [0.29, 0.717) is 43.9 Å². The molecule has 0 fully saturated rings. The zero-order chi connectivity index (χ0) is 15.7. The van der Waals surface area contributed by atoms with Crippen LogP contribution in [-0.2, 0) is 9.47 Å². The van der Waals surface area contributed by atoms with Gasteiger partial charge in [-0.15, -0.1) is 0 Å². The molecule has 1 aromatic carbocycles. The van der Waals surface area contributed by atoms with Crippen LogP contribution in [0.4, 0.5) is 5.69 Å². The van der Waals surface area contributed by atoms with Crippen molar-refractivity contribution in [2.45, 2.75) is 13.3 Å². The van der Waals surface area contributed by atoms with Gasteiger partial charge in [-0.25, -0.2) is 0 Å². The van der Waals surface area contributed by atoms with E-state index in [2.05, 4.69) is 5.32 Å². The van der Waals surface area contributed by atoms with Gasteiger partial charge in [0.25, 0.3) is 11.6 Å². The summed E-state index contributed by atoms with van der Waals surface area (Å²) in [6.45, 7) is 3.61. The molecule has 0 aromatic heterocycles. The first-order valence-electron chi connectivity index (χ1n) is 6.66. The Balaban J connectivity index is 2.42. The minimum Gasteiger partial charge on any atom is -0.382 e. The van der Waals surface area contributed by atoms with Gasteiger partial charge in [0.1, 0.15) is 0 Å². The number of hydrogen-bond donors (Lipinski definition) is 1. The first-order chi connectivity index (χ1) is 10.1. The van der Waals surface area contributed by atoms with Crippen molar-refractivity contribution in [1.29, 1.82) is 0 Å². The van der Waals surface area contributed by atoms with Gasteiger partial charge in [-0.1, -0.05) is 6.07 Å². The molecule has 0 atom stereocenters. The number of hydrogen-bond acceptors (Lipinski definition) is 5. The summed E-state index contributed by atoms with van der Waals surface area (Å²) in [5.41, 5.74) is 0.645. The summed E-state index contributed by atoms with van der Waals surface area (Å²) in [5.74, 6) is -0.312. The van der Waals surface area contributed by atoms with E-state index < -0.39 is 4.92 Å². The predicted molar refractivity (Wildman–Crippen MR) is 77.5 cm³/mol. The minimum atomic E-state index is -0.490. The molecule has 7 heteroatoms. The number of ether oxygens (including phenoxy) is 2. The number of methoxy groups -OCH3 is 1. The highest BCUT2D eigenvalue weighted by atomic mass is 16.6. The monoisotopic (exact) mass is 296 g/mol. The Labute approximate surface area is 123 Å². The molecule has 1 aromatic rings. The number of nitro benzene ring substituents is 1. The smallest absolute Gasteiger partial charge is 0.273 e. The molecule has 1 rings (SSSR count). The lowest BCUT2D eigenvalue weighted by molar-refractivity contribution is -0.385. The number of carbonyl (C=O) groups excluding carboxylic acids is 1. The maximum absolute atomic E-state index is 12.0. The van der Waals surface area contributed by atoms with Crippen LogP contribution in [-0.4, -0.2) is 44.3 Å². The van der Waals surface area contributed by atoms with Crippen molar-refractivity contribution in [3.63, 3.8) is 0 Å². The van der Waals surface area contributed by atoms with E-state index in [1.807, 2.05) is 0 Å². The van der Waals surface area contributed by atoms with Gasteiger partial charge in [-0.3, -0.25) is 14.9 Å². The Morgan fingerprint density at radius 3 is 2.76 bits per heavy atom. The largest absolute Gasteiger partial charge is 0.382 e. The molecule has 0 unspecified atom stereocenters. The third-order valence-corrected chi connectivity index (χ3v) is 2.93. The van der Waals surface area contributed by atoms with Crippen LogP contribution in [0.15, 0.2) is 18.2 Å². The van der Waals surface area contributed by atoms with Gasteiger partial charge >= 0.3 is 0 Å². The van der Waals surface area contributed by atoms with Crippen molar-refractivity contribution in [3.8, 4) is 0 Å². The van der Waals surface area contributed by atoms with Gasteiger partial charge in [-0.2, -0.15) is 0 Å². The molecule has 0 saturated carbocycles. The number of rotatable bonds is 9. The van der Waals surface area contributed by atoms with Crippen molar-refractivity contribution >= 4 is 11.6 Å². The van der Waals surface area contributed by atoms with Crippen molar-refractivity contribution in [2.75, 3.05) is 33.5 Å². The lowest BCUT2D eigenvalue weighted by Gasteiger charge is -2.08. The van der Waals surface area contributed by atoms with E-state index in [1.54, 1.807) is 20.1 Å². The SMILES string of the molecule is COCCOCCCNC(=O)c1cccc([N+](=O)[O-])c1C. The van der Waals surface area contributed by atoms with Crippen molar-refractivity contribution < 1.29 is 19.2 Å². The average molecular weight is 296 g/mol. The Kier molecular flexibility index (Phi) is 7.34. The molecule has 0 aliphatic carbocycles. The van der Waals surface area contributed by atoms with Crippen LogP contribution >= 0.6 is 0 Å². The molecular formula is C14H20N2O5. The summed E-state index contributed by atoms with van der Waals surface area (Å²) < 4.78 is 10.1. The zero-order valence-corrected chi connectivity index (χ0v) is 12.3. The Bertz CT molecular complexity index is 490. The molecule has 0 heterocycles. The standard InChI is InChI=1S/C14H20N2O5/c1-11-12(5-3-6-13(11)16(18)19)14(17)15-7-4-8-21-10-9-20-2/h3,5-6H,4,7-10H2,1-2H3,(H,15,17). The van der Waals surface area contributed by atoms with Gasteiger partial charge in [-0.05, 0) is 19.4 Å². The molecule has 0 radical (unpaired) electrons. The van der Waals surface area contributed by atoms with Crippen LogP contribution in [0.1, 0.15) is 22.3 Å². The number of amides is 1. The second-order valence-corrected chi connectivity index (χ2v) is 4.42. The summed E-state index contributed by atoms with van der Waals surface area (Å²) in [6.07, 6.45) is 0.670. The van der Waals surface area contributed by atoms with E-state index >= 15 is 0 Å². The van der Waals surface area contributed by atoms with E-state index in [9.17, 15) is 14.9 Å². The van der Waals surface area contributed by atoms with E-state index in [4.69, 9.17) is 9.47 Å². The van der Waals surface area contributed by atoms with Crippen molar-refractivity contribution in [2.24, 2.45) is 0 Å². The number of carbonyl (C=O) groups is 1. The van der Waals surface area contributed by atoms with E-state index in [-0.39, 0.29) is 11.6 Å². The molecule has 0 saturated heterocycles. The van der Waals surface area contributed by atoms with Gasteiger partial charge in [0.15, 0.2) is 0 Å². The lowest BCUT2D eigenvalue weighted by atomic mass is 10.1. The quantitative estimate of drug-likeness (QED) is 0.425. The molecular weight excluding hydrogens is 276 g/mol. The van der Waals surface area contributed by atoms with Gasteiger partial charge in [0.05, 0.1) is 18.1 Å². The second-order valence-electron chi connectivity index (χ2n) is 4.42. The van der Waals surface area contributed by atoms with Crippen LogP contribution in [0.2, 0.25) is 0 Å². The zero-order valence-electron chi connectivity index (χ0n) is 12.3. The van der Waals surface area contributed by atoms with E-state index in [1.165, 1.54) is 12.1 Å². The fourth-order valence-corrected chi connectivity index (χ4v) is 1.78. The summed E-state index contributed by atoms with van der Waals surface area (Å²) in [5, 5.41) is 13.6. The second kappa shape index (κ2) is 9.04. The number of nitro groups is 1. The summed E-state index contributed by atoms with van der Waals surface area (Å²) in [7, 11) is 1.60. The maximum Gasteiger partial charge on any atom is 0.273 e. The number of nitrogens with one attached hydrogen (secondary N) is 1. The number of benzene rings is 1. The first kappa shape index (κ1) is 17.1. The summed E-state index contributed by atoms with van der Waals surface area (Å²) in [6, 6.07) is 4.47. The van der Waals surface area contributed by atoms with Crippen LogP contribution in [0.25, 0.3) is 0 Å². The fraction of sp³-hybridized carbons (Fsp3) is 0.500. The predicted octanol–water partition coefficient (Wildman–Crippen LogP) is 1.69. The van der Waals surface area contributed by atoms with Crippen LogP contribution in [0, 0.1) is 17.0 Å². The summed E-state index contributed by atoms with van der Waals surface area (Å²) in [4.78, 5) is 22.3. The first-order valence-corrected chi connectivity index (χ1v) is 6.66. The molecule has 21 heavy (non-hydrogen) atoms. The van der Waals surface area contributed by atoms with Gasteiger partial charge < -0.3 is 14.8 Å². The van der Waals surface area contributed by atoms with Crippen LogP contribution in [0.3, 0.4) is 0 Å². The third-order valence-electron chi connectivity index (χ3n) is 2.93. The van der Waals surface area contributed by atoms with Crippen LogP contribution < -0.4 is 5.32 Å². The highest BCUT2D eigenvalue weighted by molar-refractivity contribution is 5.96. The molecule has 1 amide bonds. The van der Waals surface area contributed by atoms with Crippen molar-refractivity contribution in [3.05, 3.63) is 39.4 Å². The summed E-state index contributed by atoms with van der Waals surface area (Å²) >= 11 is 0. The number of nitrogens with zero attached hydrogens (tertiary/aromatic N) is 1. The normalized spacial score (nSPS) is 10.4. The molecule has 116 valence electrons. The molecule has 0 spiro atoms. The molecule has 0 aliphatic rings. The highest BCUT2D eigenvalue weighted by Gasteiger charge is 2.17. The van der Waals surface area contributed by atoms with Crippen LogP contribution in [0.5, 0.6) is 0 Å². The lowest BCUT2D eigenvalue weighted by Crippen LogP contribution is -2.26. The topological polar surface area (TPSA) is 90.7 Å². The average Bonchev–Trinajstić information content (AvgIpc) is 2.46. The molecule has 1 N–H and O–H groups in total. The third kappa shape index (κ3) is 5.49. The van der Waals surface area contributed by atoms with Gasteiger partial charge in [0, 0.05) is 37.5 Å². The van der Waals surface area contributed by atoms with Crippen molar-refractivity contribution in [1.82, 2.24) is 5.32 Å². The molecule has 7 nitrogen and oxygen atoms in total. The van der Waals surface area contributed by atoms with E-state index in [0.717, 1.165) is 0 Å². The minimum absolute atomic E-state index is 0.0504. The van der Waals surface area contributed by atoms with Gasteiger partial charge in [0.2, 0.25) is 0 Å². The Morgan fingerprint density at radius 1 is 1.33 bits per heavy atom.